The average molecular weight is 631 g/mol. The van der Waals surface area contributed by atoms with Crippen molar-refractivity contribution in [2.45, 2.75) is 47.6 Å². The molecule has 4 aromatic rings. The molecule has 2 aromatic heterocycles. The molecule has 0 N–H and O–H groups in total. The molecule has 2 amide bonds. The van der Waals surface area contributed by atoms with Gasteiger partial charge in [0, 0.05) is 46.0 Å². The van der Waals surface area contributed by atoms with E-state index >= 15 is 0 Å². The van der Waals surface area contributed by atoms with Crippen LogP contribution in [0.3, 0.4) is 0 Å². The third-order valence-electron chi connectivity index (χ3n) is 8.04. The van der Waals surface area contributed by atoms with Gasteiger partial charge in [-0.05, 0) is 49.9 Å². The van der Waals surface area contributed by atoms with Crippen LogP contribution in [0, 0.1) is 0 Å². The van der Waals surface area contributed by atoms with Crippen molar-refractivity contribution < 1.29 is 28.7 Å². The molecule has 2 aromatic carbocycles. The van der Waals surface area contributed by atoms with Crippen molar-refractivity contribution in [3.63, 3.8) is 0 Å². The van der Waals surface area contributed by atoms with Gasteiger partial charge in [-0.1, -0.05) is 45.9 Å². The number of carbonyl (C=O) groups is 4. The Labute approximate surface area is 261 Å². The van der Waals surface area contributed by atoms with Gasteiger partial charge in [-0.25, -0.2) is 9.59 Å². The lowest BCUT2D eigenvalue weighted by Crippen LogP contribution is -2.41. The van der Waals surface area contributed by atoms with E-state index in [0.717, 1.165) is 44.4 Å². The Hall–Kier alpha value is -4.16. The summed E-state index contributed by atoms with van der Waals surface area (Å²) in [6.07, 6.45) is 5.81. The molecular weight excluding hydrogens is 601 g/mol. The molecule has 12 heteroatoms. The highest BCUT2D eigenvalue weighted by Gasteiger charge is 2.36. The van der Waals surface area contributed by atoms with Gasteiger partial charge in [0.15, 0.2) is 0 Å². The number of amides is 2. The smallest absolute Gasteiger partial charge is 0.328 e. The van der Waals surface area contributed by atoms with Crippen LogP contribution in [0.5, 0.6) is 0 Å². The standard InChI is InChI=1S/C32H30N4O6S2/c1-41-31(39)23-9-5-13-35(23)29(37)21-15-19-7-3-11-25(27(19)33-17-21)43-44-26-12-4-8-20-16-22(18-34-28(20)26)30(38)36-14-6-10-24(36)32(40)42-2/h3-4,7-8,11-12,15-18,23-24H,5-6,9-10,13-14H2,1-2H3/t23-,24-/m0/s1. The average Bonchev–Trinajstić information content (AvgIpc) is 3.76. The van der Waals surface area contributed by atoms with Gasteiger partial charge in [0.25, 0.3) is 11.8 Å². The van der Waals surface area contributed by atoms with E-state index in [4.69, 9.17) is 9.47 Å². The van der Waals surface area contributed by atoms with Gasteiger partial charge in [-0.3, -0.25) is 19.6 Å². The molecule has 2 fully saturated rings. The zero-order chi connectivity index (χ0) is 30.8. The maximum absolute atomic E-state index is 13.3. The van der Waals surface area contributed by atoms with E-state index in [1.807, 2.05) is 48.5 Å². The Balaban J connectivity index is 1.20. The van der Waals surface area contributed by atoms with Gasteiger partial charge in [-0.2, -0.15) is 0 Å². The molecule has 2 aliphatic heterocycles. The van der Waals surface area contributed by atoms with Gasteiger partial charge < -0.3 is 19.3 Å². The topological polar surface area (TPSA) is 119 Å². The van der Waals surface area contributed by atoms with Gasteiger partial charge >= 0.3 is 11.9 Å². The molecule has 44 heavy (non-hydrogen) atoms. The minimum absolute atomic E-state index is 0.232. The van der Waals surface area contributed by atoms with E-state index in [1.165, 1.54) is 35.8 Å². The maximum Gasteiger partial charge on any atom is 0.328 e. The molecule has 2 aliphatic rings. The Morgan fingerprint density at radius 1 is 0.705 bits per heavy atom. The number of benzene rings is 2. The quantitative estimate of drug-likeness (QED) is 0.201. The van der Waals surface area contributed by atoms with Gasteiger partial charge in [0.05, 0.1) is 36.4 Å². The van der Waals surface area contributed by atoms with E-state index in [0.29, 0.717) is 37.1 Å². The molecule has 226 valence electrons. The van der Waals surface area contributed by atoms with Crippen molar-refractivity contribution in [2.24, 2.45) is 0 Å². The minimum Gasteiger partial charge on any atom is -0.467 e. The van der Waals surface area contributed by atoms with E-state index in [1.54, 1.807) is 22.2 Å². The summed E-state index contributed by atoms with van der Waals surface area (Å²) >= 11 is 0. The number of pyridine rings is 2. The summed E-state index contributed by atoms with van der Waals surface area (Å²) in [5.41, 5.74) is 2.38. The summed E-state index contributed by atoms with van der Waals surface area (Å²) in [6, 6.07) is 14.1. The molecule has 0 bridgehead atoms. The number of rotatable bonds is 7. The van der Waals surface area contributed by atoms with Crippen molar-refractivity contribution in [2.75, 3.05) is 27.3 Å². The van der Waals surface area contributed by atoms with Crippen LogP contribution in [-0.2, 0) is 19.1 Å². The van der Waals surface area contributed by atoms with E-state index < -0.39 is 24.0 Å². The molecule has 0 radical (unpaired) electrons. The predicted octanol–water partition coefficient (Wildman–Crippen LogP) is 5.14. The molecule has 0 spiro atoms. The lowest BCUT2D eigenvalue weighted by molar-refractivity contribution is -0.145. The first-order valence-electron chi connectivity index (χ1n) is 14.3. The first kappa shape index (κ1) is 29.9. The molecule has 0 saturated carbocycles. The SMILES string of the molecule is COC(=O)[C@@H]1CCCN1C(=O)c1cnc2c(SSc3cccc4cc(C(=O)N5CCC[C@H]5C(=O)OC)cnc34)cccc2c1. The number of fused-ring (bicyclic) bond motifs is 2. The first-order chi connectivity index (χ1) is 21.4. The van der Waals surface area contributed by atoms with Crippen molar-refractivity contribution in [1.82, 2.24) is 19.8 Å². The number of hydrogen-bond acceptors (Lipinski definition) is 10. The summed E-state index contributed by atoms with van der Waals surface area (Å²) in [6.45, 7) is 1.01. The Bertz CT molecular complexity index is 1650. The number of carbonyl (C=O) groups excluding carboxylic acids is 4. The number of likely N-dealkylation sites (tertiary alicyclic amines) is 2. The number of hydrogen-bond donors (Lipinski definition) is 0. The van der Waals surface area contributed by atoms with E-state index in [2.05, 4.69) is 9.97 Å². The lowest BCUT2D eigenvalue weighted by Gasteiger charge is -2.22. The lowest BCUT2D eigenvalue weighted by atomic mass is 10.1. The fraction of sp³-hybridized carbons (Fsp3) is 0.312. The highest BCUT2D eigenvalue weighted by Crippen LogP contribution is 2.42. The summed E-state index contributed by atoms with van der Waals surface area (Å²) in [7, 11) is 5.74. The zero-order valence-corrected chi connectivity index (χ0v) is 25.9. The second-order valence-electron chi connectivity index (χ2n) is 10.6. The number of nitrogens with zero attached hydrogens (tertiary/aromatic N) is 4. The number of esters is 2. The third kappa shape index (κ3) is 5.71. The van der Waals surface area contributed by atoms with Crippen LogP contribution in [0.1, 0.15) is 46.4 Å². The summed E-state index contributed by atoms with van der Waals surface area (Å²) in [5.74, 6) is -1.26. The number of para-hydroxylation sites is 2. The second-order valence-corrected chi connectivity index (χ2v) is 12.8. The second kappa shape index (κ2) is 12.8. The Kier molecular flexibility index (Phi) is 8.72. The molecule has 6 rings (SSSR count). The third-order valence-corrected chi connectivity index (χ3v) is 10.5. The van der Waals surface area contributed by atoms with Crippen LogP contribution in [0.2, 0.25) is 0 Å². The Morgan fingerprint density at radius 2 is 1.14 bits per heavy atom. The monoisotopic (exact) mass is 630 g/mol. The molecule has 2 saturated heterocycles. The first-order valence-corrected chi connectivity index (χ1v) is 16.4. The molecule has 2 atom stereocenters. The van der Waals surface area contributed by atoms with Crippen LogP contribution in [0.4, 0.5) is 0 Å². The molecule has 10 nitrogen and oxygen atoms in total. The highest BCUT2D eigenvalue weighted by molar-refractivity contribution is 8.76. The van der Waals surface area contributed by atoms with Crippen LogP contribution in [-0.4, -0.2) is 82.9 Å². The normalized spacial score (nSPS) is 18.1. The van der Waals surface area contributed by atoms with Crippen molar-refractivity contribution in [3.8, 4) is 0 Å². The fourth-order valence-corrected chi connectivity index (χ4v) is 8.13. The van der Waals surface area contributed by atoms with Crippen LogP contribution in [0.25, 0.3) is 21.8 Å². The molecule has 0 aliphatic carbocycles. The van der Waals surface area contributed by atoms with Crippen LogP contribution < -0.4 is 0 Å². The van der Waals surface area contributed by atoms with Crippen molar-refractivity contribution in [1.29, 1.82) is 0 Å². The number of ether oxygens (including phenoxy) is 2. The van der Waals surface area contributed by atoms with Crippen molar-refractivity contribution >= 4 is 67.1 Å². The van der Waals surface area contributed by atoms with E-state index in [-0.39, 0.29) is 11.8 Å². The largest absolute Gasteiger partial charge is 0.467 e. The van der Waals surface area contributed by atoms with Gasteiger partial charge in [-0.15, -0.1) is 0 Å². The number of aromatic nitrogens is 2. The molecule has 0 unspecified atom stereocenters. The summed E-state index contributed by atoms with van der Waals surface area (Å²) in [5, 5.41) is 1.64. The molecule has 4 heterocycles. The molecular formula is C32H30N4O6S2. The van der Waals surface area contributed by atoms with Gasteiger partial charge in [0.1, 0.15) is 12.1 Å². The van der Waals surface area contributed by atoms with Gasteiger partial charge in [0.2, 0.25) is 0 Å². The minimum atomic E-state index is -0.568. The van der Waals surface area contributed by atoms with Crippen LogP contribution in [0.15, 0.2) is 70.7 Å². The fourth-order valence-electron chi connectivity index (χ4n) is 5.84. The van der Waals surface area contributed by atoms with Crippen LogP contribution >= 0.6 is 21.6 Å². The Morgan fingerprint density at radius 3 is 1.55 bits per heavy atom. The van der Waals surface area contributed by atoms with Crippen molar-refractivity contribution in [3.05, 3.63) is 72.1 Å². The predicted molar refractivity (Wildman–Crippen MR) is 167 cm³/mol. The summed E-state index contributed by atoms with van der Waals surface area (Å²) in [4.78, 5) is 65.1. The highest BCUT2D eigenvalue weighted by atomic mass is 33.1. The van der Waals surface area contributed by atoms with E-state index in [9.17, 15) is 19.2 Å². The number of methoxy groups -OCH3 is 2. The maximum atomic E-state index is 13.3. The summed E-state index contributed by atoms with van der Waals surface area (Å²) < 4.78 is 9.78. The zero-order valence-electron chi connectivity index (χ0n) is 24.2.